The van der Waals surface area contributed by atoms with Gasteiger partial charge in [0.1, 0.15) is 12.4 Å². The number of anilines is 1. The quantitative estimate of drug-likeness (QED) is 0.539. The molecule has 0 saturated carbocycles. The molecule has 1 amide bonds. The van der Waals surface area contributed by atoms with Crippen LogP contribution in [-0.4, -0.2) is 20.1 Å². The third-order valence-corrected chi connectivity index (χ3v) is 5.03. The first-order valence-electron chi connectivity index (χ1n) is 8.38. The highest BCUT2D eigenvalue weighted by Crippen LogP contribution is 2.27. The molecular formula is C21H20BrNO4. The normalized spacial score (nSPS) is 10.5. The summed E-state index contributed by atoms with van der Waals surface area (Å²) < 4.78 is 17.7. The number of rotatable bonds is 6. The lowest BCUT2D eigenvalue weighted by atomic mass is 10.2. The van der Waals surface area contributed by atoms with Gasteiger partial charge in [-0.25, -0.2) is 0 Å². The predicted molar refractivity (Wildman–Crippen MR) is 108 cm³/mol. The van der Waals surface area contributed by atoms with E-state index in [1.54, 1.807) is 31.2 Å². The molecule has 2 aromatic carbocycles. The number of aryl methyl sites for hydroxylation is 1. The Bertz CT molecular complexity index is 951. The fourth-order valence-corrected chi connectivity index (χ4v) is 2.82. The second-order valence-electron chi connectivity index (χ2n) is 6.00. The number of hydrogen-bond acceptors (Lipinski definition) is 4. The van der Waals surface area contributed by atoms with Crippen LogP contribution in [0.1, 0.15) is 21.9 Å². The van der Waals surface area contributed by atoms with E-state index in [9.17, 15) is 4.79 Å². The summed E-state index contributed by atoms with van der Waals surface area (Å²) in [5, 5.41) is 0. The maximum atomic E-state index is 12.7. The van der Waals surface area contributed by atoms with Crippen molar-refractivity contribution in [3.05, 3.63) is 76.2 Å². The molecule has 0 aliphatic carbocycles. The monoisotopic (exact) mass is 429 g/mol. The van der Waals surface area contributed by atoms with Gasteiger partial charge in [0, 0.05) is 17.2 Å². The third-order valence-electron chi connectivity index (χ3n) is 4.14. The lowest BCUT2D eigenvalue weighted by molar-refractivity contribution is 0.0962. The second kappa shape index (κ2) is 8.31. The van der Waals surface area contributed by atoms with Crippen LogP contribution < -0.4 is 14.4 Å². The number of hydrogen-bond donors (Lipinski definition) is 0. The van der Waals surface area contributed by atoms with Crippen molar-refractivity contribution in [2.24, 2.45) is 0 Å². The van der Waals surface area contributed by atoms with Gasteiger partial charge < -0.3 is 18.8 Å². The van der Waals surface area contributed by atoms with Gasteiger partial charge in [0.15, 0.2) is 17.3 Å². The number of furan rings is 1. The summed E-state index contributed by atoms with van der Waals surface area (Å²) >= 11 is 3.47. The SMILES string of the molecule is COc1ccccc1OCc1ccc(C(=O)N(C)c2ccc(Br)c(C)c2)o1. The van der Waals surface area contributed by atoms with Crippen LogP contribution in [0.3, 0.4) is 0 Å². The summed E-state index contributed by atoms with van der Waals surface area (Å²) in [7, 11) is 3.31. The van der Waals surface area contributed by atoms with Crippen LogP contribution in [0.25, 0.3) is 0 Å². The molecule has 0 saturated heterocycles. The van der Waals surface area contributed by atoms with Gasteiger partial charge in [-0.1, -0.05) is 28.1 Å². The highest BCUT2D eigenvalue weighted by molar-refractivity contribution is 9.10. The standard InChI is InChI=1S/C21H20BrNO4/c1-14-12-15(8-10-17(14)22)23(2)21(24)20-11-9-16(27-20)13-26-19-7-5-4-6-18(19)25-3/h4-12H,13H2,1-3H3. The maximum Gasteiger partial charge on any atom is 0.293 e. The molecule has 5 nitrogen and oxygen atoms in total. The van der Waals surface area contributed by atoms with E-state index in [2.05, 4.69) is 15.9 Å². The van der Waals surface area contributed by atoms with Gasteiger partial charge in [-0.3, -0.25) is 4.79 Å². The highest BCUT2D eigenvalue weighted by atomic mass is 79.9. The number of halogens is 1. The number of ether oxygens (including phenoxy) is 2. The van der Waals surface area contributed by atoms with Gasteiger partial charge in [0.25, 0.3) is 5.91 Å². The Kier molecular flexibility index (Phi) is 5.86. The van der Waals surface area contributed by atoms with E-state index >= 15 is 0 Å². The zero-order chi connectivity index (χ0) is 19.4. The Morgan fingerprint density at radius 3 is 2.56 bits per heavy atom. The molecule has 6 heteroatoms. The van der Waals surface area contributed by atoms with E-state index in [0.29, 0.717) is 17.3 Å². The van der Waals surface area contributed by atoms with Crippen molar-refractivity contribution < 1.29 is 18.7 Å². The third kappa shape index (κ3) is 4.34. The Morgan fingerprint density at radius 1 is 1.11 bits per heavy atom. The van der Waals surface area contributed by atoms with E-state index in [1.807, 2.05) is 49.4 Å². The van der Waals surface area contributed by atoms with E-state index in [-0.39, 0.29) is 18.3 Å². The molecule has 1 aromatic heterocycles. The minimum absolute atomic E-state index is 0.203. The van der Waals surface area contributed by atoms with Gasteiger partial charge in [-0.05, 0) is 55.0 Å². The molecule has 3 rings (SSSR count). The molecule has 140 valence electrons. The molecule has 0 fully saturated rings. The number of benzene rings is 2. The van der Waals surface area contributed by atoms with Crippen molar-refractivity contribution >= 4 is 27.5 Å². The first kappa shape index (κ1) is 19.0. The lowest BCUT2D eigenvalue weighted by Crippen LogP contribution is -2.25. The van der Waals surface area contributed by atoms with Crippen LogP contribution in [0.5, 0.6) is 11.5 Å². The Labute approximate surface area is 166 Å². The summed E-state index contributed by atoms with van der Waals surface area (Å²) in [6, 6.07) is 16.5. The summed E-state index contributed by atoms with van der Waals surface area (Å²) in [5.41, 5.74) is 1.85. The van der Waals surface area contributed by atoms with Crippen molar-refractivity contribution in [2.45, 2.75) is 13.5 Å². The van der Waals surface area contributed by atoms with Gasteiger partial charge in [-0.15, -0.1) is 0 Å². The number of methoxy groups -OCH3 is 1. The van der Waals surface area contributed by atoms with Crippen LogP contribution in [0.15, 0.2) is 63.5 Å². The predicted octanol–water partition coefficient (Wildman–Crippen LogP) is 5.21. The lowest BCUT2D eigenvalue weighted by Gasteiger charge is -2.17. The van der Waals surface area contributed by atoms with Crippen molar-refractivity contribution in [3.8, 4) is 11.5 Å². The summed E-state index contributed by atoms with van der Waals surface area (Å²) in [4.78, 5) is 14.2. The maximum absolute atomic E-state index is 12.7. The fraction of sp³-hybridized carbons (Fsp3) is 0.190. The first-order valence-corrected chi connectivity index (χ1v) is 9.17. The smallest absolute Gasteiger partial charge is 0.293 e. The minimum atomic E-state index is -0.222. The first-order chi connectivity index (χ1) is 13.0. The molecule has 0 aliphatic heterocycles. The highest BCUT2D eigenvalue weighted by Gasteiger charge is 2.18. The van der Waals surface area contributed by atoms with Crippen LogP contribution in [-0.2, 0) is 6.61 Å². The molecular weight excluding hydrogens is 410 g/mol. The molecule has 0 spiro atoms. The van der Waals surface area contributed by atoms with Crippen LogP contribution in [0.4, 0.5) is 5.69 Å². The number of para-hydroxylation sites is 2. The average Bonchev–Trinajstić information content (AvgIpc) is 3.16. The zero-order valence-corrected chi connectivity index (χ0v) is 16.9. The zero-order valence-electron chi connectivity index (χ0n) is 15.4. The number of carbonyl (C=O) groups excluding carboxylic acids is 1. The molecule has 0 N–H and O–H groups in total. The molecule has 3 aromatic rings. The number of amides is 1. The molecule has 0 aliphatic rings. The summed E-state index contributed by atoms with van der Waals surface area (Å²) in [6.45, 7) is 2.18. The largest absolute Gasteiger partial charge is 0.493 e. The van der Waals surface area contributed by atoms with E-state index < -0.39 is 0 Å². The number of carbonyl (C=O) groups is 1. The molecule has 0 unspecified atom stereocenters. The molecule has 0 radical (unpaired) electrons. The molecule has 0 bridgehead atoms. The number of nitrogens with zero attached hydrogens (tertiary/aromatic N) is 1. The van der Waals surface area contributed by atoms with Gasteiger partial charge in [-0.2, -0.15) is 0 Å². The molecule has 0 atom stereocenters. The summed E-state index contributed by atoms with van der Waals surface area (Å²) in [5.74, 6) is 1.86. The summed E-state index contributed by atoms with van der Waals surface area (Å²) in [6.07, 6.45) is 0. The fourth-order valence-electron chi connectivity index (χ4n) is 2.58. The van der Waals surface area contributed by atoms with Crippen molar-refractivity contribution in [3.63, 3.8) is 0 Å². The van der Waals surface area contributed by atoms with Crippen molar-refractivity contribution in [1.29, 1.82) is 0 Å². The van der Waals surface area contributed by atoms with Crippen LogP contribution in [0, 0.1) is 6.92 Å². The van der Waals surface area contributed by atoms with Crippen LogP contribution >= 0.6 is 15.9 Å². The second-order valence-corrected chi connectivity index (χ2v) is 6.86. The van der Waals surface area contributed by atoms with E-state index in [0.717, 1.165) is 15.7 Å². The average molecular weight is 430 g/mol. The Morgan fingerprint density at radius 2 is 1.85 bits per heavy atom. The van der Waals surface area contributed by atoms with Gasteiger partial charge >= 0.3 is 0 Å². The van der Waals surface area contributed by atoms with Gasteiger partial charge in [0.05, 0.1) is 7.11 Å². The van der Waals surface area contributed by atoms with Crippen molar-refractivity contribution in [1.82, 2.24) is 0 Å². The van der Waals surface area contributed by atoms with Crippen LogP contribution in [0.2, 0.25) is 0 Å². The van der Waals surface area contributed by atoms with Crippen molar-refractivity contribution in [2.75, 3.05) is 19.1 Å². The molecule has 27 heavy (non-hydrogen) atoms. The topological polar surface area (TPSA) is 51.9 Å². The molecule has 1 heterocycles. The van der Waals surface area contributed by atoms with Gasteiger partial charge in [0.2, 0.25) is 0 Å². The van der Waals surface area contributed by atoms with E-state index in [4.69, 9.17) is 13.9 Å². The minimum Gasteiger partial charge on any atom is -0.493 e. The Balaban J connectivity index is 1.69. The Hall–Kier alpha value is -2.73. The van der Waals surface area contributed by atoms with E-state index in [1.165, 1.54) is 0 Å².